The summed E-state index contributed by atoms with van der Waals surface area (Å²) in [6.07, 6.45) is 10.7. The van der Waals surface area contributed by atoms with Gasteiger partial charge in [-0.25, -0.2) is 0 Å². The maximum absolute atomic E-state index is 13.2. The second-order valence-corrected chi connectivity index (χ2v) is 10.6. The van der Waals surface area contributed by atoms with Crippen LogP contribution in [0.25, 0.3) is 0 Å². The van der Waals surface area contributed by atoms with E-state index < -0.39 is 0 Å². The van der Waals surface area contributed by atoms with Crippen molar-refractivity contribution in [1.29, 1.82) is 0 Å². The van der Waals surface area contributed by atoms with Gasteiger partial charge in [0, 0.05) is 29.8 Å². The lowest BCUT2D eigenvalue weighted by Crippen LogP contribution is -2.53. The van der Waals surface area contributed by atoms with E-state index in [1.165, 1.54) is 19.3 Å². The Labute approximate surface area is 190 Å². The minimum absolute atomic E-state index is 0.0194. The summed E-state index contributed by atoms with van der Waals surface area (Å²) in [5.74, 6) is 2.50. The first kappa shape index (κ1) is 21.2. The molecule has 4 saturated carbocycles. The van der Waals surface area contributed by atoms with Crippen LogP contribution in [0.4, 0.5) is 5.69 Å². The number of amides is 2. The average molecular weight is 432 g/mol. The largest absolute Gasteiger partial charge is 0.352 e. The number of nitrogens with one attached hydrogen (secondary N) is 1. The van der Waals surface area contributed by atoms with E-state index in [0.29, 0.717) is 12.1 Å². The van der Waals surface area contributed by atoms with Crippen LogP contribution in [0.1, 0.15) is 68.3 Å². The molecular weight excluding hydrogens is 398 g/mol. The number of pyridine rings is 1. The van der Waals surface area contributed by atoms with Gasteiger partial charge in [0.05, 0.1) is 11.9 Å². The molecule has 4 aliphatic carbocycles. The zero-order chi connectivity index (χ0) is 22.3. The molecule has 32 heavy (non-hydrogen) atoms. The van der Waals surface area contributed by atoms with Crippen LogP contribution in [0.5, 0.6) is 0 Å². The maximum Gasteiger partial charge on any atom is 0.258 e. The van der Waals surface area contributed by atoms with Gasteiger partial charge < -0.3 is 10.2 Å². The highest BCUT2D eigenvalue weighted by molar-refractivity contribution is 6.06. The minimum atomic E-state index is -0.119. The molecule has 5 heteroatoms. The lowest BCUT2D eigenvalue weighted by atomic mass is 9.49. The van der Waals surface area contributed by atoms with Crippen molar-refractivity contribution >= 4 is 17.5 Å². The molecule has 0 spiro atoms. The lowest BCUT2D eigenvalue weighted by molar-refractivity contribution is -0.146. The van der Waals surface area contributed by atoms with Gasteiger partial charge in [-0.1, -0.05) is 12.1 Å². The summed E-state index contributed by atoms with van der Waals surface area (Å²) >= 11 is 0. The summed E-state index contributed by atoms with van der Waals surface area (Å²) < 4.78 is 0. The Morgan fingerprint density at radius 2 is 1.66 bits per heavy atom. The number of rotatable bonds is 6. The van der Waals surface area contributed by atoms with Gasteiger partial charge >= 0.3 is 0 Å². The van der Waals surface area contributed by atoms with Crippen molar-refractivity contribution in [2.75, 3.05) is 4.90 Å². The van der Waals surface area contributed by atoms with E-state index >= 15 is 0 Å². The normalized spacial score (nSPS) is 28.0. The molecule has 0 unspecified atom stereocenters. The van der Waals surface area contributed by atoms with Crippen LogP contribution in [0.15, 0.2) is 48.8 Å². The van der Waals surface area contributed by atoms with Crippen LogP contribution >= 0.6 is 0 Å². The van der Waals surface area contributed by atoms with E-state index in [9.17, 15) is 9.59 Å². The van der Waals surface area contributed by atoms with Gasteiger partial charge in [-0.05, 0) is 100.0 Å². The Hall–Kier alpha value is -2.69. The monoisotopic (exact) mass is 431 g/mol. The molecule has 2 aromatic rings. The Balaban J connectivity index is 1.23. The fourth-order valence-electron chi connectivity index (χ4n) is 6.81. The van der Waals surface area contributed by atoms with E-state index in [1.807, 2.05) is 50.2 Å². The van der Waals surface area contributed by atoms with Gasteiger partial charge in [0.2, 0.25) is 5.91 Å². The molecule has 4 bridgehead atoms. The van der Waals surface area contributed by atoms with Crippen molar-refractivity contribution < 1.29 is 9.59 Å². The molecular formula is C27H33N3O2. The number of aromatic nitrogens is 1. The molecule has 4 fully saturated rings. The molecule has 5 nitrogen and oxygen atoms in total. The second kappa shape index (κ2) is 8.34. The minimum Gasteiger partial charge on any atom is -0.352 e. The van der Waals surface area contributed by atoms with Gasteiger partial charge in [-0.2, -0.15) is 0 Å². The molecule has 0 atom stereocenters. The highest BCUT2D eigenvalue weighted by Gasteiger charge is 2.54. The zero-order valence-corrected chi connectivity index (χ0v) is 19.1. The molecule has 1 N–H and O–H groups in total. The number of benzene rings is 1. The summed E-state index contributed by atoms with van der Waals surface area (Å²) in [5.41, 5.74) is 2.34. The van der Waals surface area contributed by atoms with Crippen molar-refractivity contribution in [3.8, 4) is 0 Å². The van der Waals surface area contributed by atoms with Crippen molar-refractivity contribution in [1.82, 2.24) is 10.3 Å². The Bertz CT molecular complexity index is 948. The SMILES string of the molecule is CC(C)N(C(=O)c1ccc(CNC(=O)C23CC4CC(CC(C4)C2)C3)cc1)c1cccnc1. The van der Waals surface area contributed by atoms with Crippen molar-refractivity contribution in [3.05, 3.63) is 59.9 Å². The molecule has 4 aliphatic rings. The lowest BCUT2D eigenvalue weighted by Gasteiger charge is -2.55. The summed E-state index contributed by atoms with van der Waals surface area (Å²) in [6.45, 7) is 4.52. The van der Waals surface area contributed by atoms with Crippen LogP contribution in [0.3, 0.4) is 0 Å². The van der Waals surface area contributed by atoms with Crippen molar-refractivity contribution in [3.63, 3.8) is 0 Å². The predicted octanol–water partition coefficient (Wildman–Crippen LogP) is 4.97. The first-order valence-corrected chi connectivity index (χ1v) is 12.0. The summed E-state index contributed by atoms with van der Waals surface area (Å²) in [4.78, 5) is 32.3. The number of nitrogens with zero attached hydrogens (tertiary/aromatic N) is 2. The molecule has 1 aromatic heterocycles. The third kappa shape index (κ3) is 3.94. The van der Waals surface area contributed by atoms with Gasteiger partial charge in [-0.3, -0.25) is 14.6 Å². The quantitative estimate of drug-likeness (QED) is 0.702. The third-order valence-electron chi connectivity index (χ3n) is 7.83. The molecule has 6 rings (SSSR count). The van der Waals surface area contributed by atoms with Crippen LogP contribution in [-0.2, 0) is 11.3 Å². The van der Waals surface area contributed by atoms with E-state index in [1.54, 1.807) is 17.3 Å². The standard InChI is InChI=1S/C27H33N3O2/c1-18(2)30(24-4-3-9-28-17-24)25(31)23-7-5-19(6-8-23)16-29-26(32)27-13-20-10-21(14-27)12-22(11-20)15-27/h3-9,17-18,20-22H,10-16H2,1-2H3,(H,29,32). The molecule has 0 aliphatic heterocycles. The molecule has 1 heterocycles. The first-order valence-electron chi connectivity index (χ1n) is 12.0. The van der Waals surface area contributed by atoms with Crippen molar-refractivity contribution in [2.24, 2.45) is 23.2 Å². The van der Waals surface area contributed by atoms with Gasteiger partial charge in [-0.15, -0.1) is 0 Å². The van der Waals surface area contributed by atoms with Gasteiger partial charge in [0.1, 0.15) is 0 Å². The first-order chi connectivity index (χ1) is 15.4. The highest BCUT2D eigenvalue weighted by atomic mass is 16.2. The number of hydrogen-bond donors (Lipinski definition) is 1. The van der Waals surface area contributed by atoms with E-state index in [-0.39, 0.29) is 23.3 Å². The number of anilines is 1. The van der Waals surface area contributed by atoms with Crippen LogP contribution in [-0.4, -0.2) is 22.8 Å². The van der Waals surface area contributed by atoms with Gasteiger partial charge in [0.15, 0.2) is 0 Å². The van der Waals surface area contributed by atoms with E-state index in [4.69, 9.17) is 0 Å². The molecule has 2 amide bonds. The van der Waals surface area contributed by atoms with Crippen molar-refractivity contribution in [2.45, 2.75) is 65.0 Å². The summed E-state index contributed by atoms with van der Waals surface area (Å²) in [7, 11) is 0. The Kier molecular flexibility index (Phi) is 5.52. The number of carbonyl (C=O) groups is 2. The highest BCUT2D eigenvalue weighted by Crippen LogP contribution is 2.60. The summed E-state index contributed by atoms with van der Waals surface area (Å²) in [6, 6.07) is 11.4. The fourth-order valence-corrected chi connectivity index (χ4v) is 6.81. The predicted molar refractivity (Wildman–Crippen MR) is 125 cm³/mol. The molecule has 0 radical (unpaired) electrons. The second-order valence-electron chi connectivity index (χ2n) is 10.6. The number of carbonyl (C=O) groups excluding carboxylic acids is 2. The van der Waals surface area contributed by atoms with Crippen LogP contribution in [0.2, 0.25) is 0 Å². The smallest absolute Gasteiger partial charge is 0.258 e. The van der Waals surface area contributed by atoms with Crippen LogP contribution in [0, 0.1) is 23.2 Å². The van der Waals surface area contributed by atoms with E-state index in [2.05, 4.69) is 10.3 Å². The molecule has 168 valence electrons. The third-order valence-corrected chi connectivity index (χ3v) is 7.83. The van der Waals surface area contributed by atoms with E-state index in [0.717, 1.165) is 48.3 Å². The van der Waals surface area contributed by atoms with Crippen LogP contribution < -0.4 is 10.2 Å². The number of hydrogen-bond acceptors (Lipinski definition) is 3. The maximum atomic E-state index is 13.2. The van der Waals surface area contributed by atoms with Gasteiger partial charge in [0.25, 0.3) is 5.91 Å². The Morgan fingerprint density at radius 1 is 1.03 bits per heavy atom. The zero-order valence-electron chi connectivity index (χ0n) is 19.1. The fraction of sp³-hybridized carbons (Fsp3) is 0.519. The average Bonchev–Trinajstić information content (AvgIpc) is 2.77. The molecule has 0 saturated heterocycles. The Morgan fingerprint density at radius 3 is 2.19 bits per heavy atom. The summed E-state index contributed by atoms with van der Waals surface area (Å²) in [5, 5.41) is 3.23. The molecule has 1 aromatic carbocycles. The topological polar surface area (TPSA) is 62.3 Å².